The third-order valence-corrected chi connectivity index (χ3v) is 3.33. The summed E-state index contributed by atoms with van der Waals surface area (Å²) in [5.41, 5.74) is 6.99. The van der Waals surface area contributed by atoms with Crippen LogP contribution < -0.4 is 11.1 Å². The smallest absolute Gasteiger partial charge is 0.224 e. The molecule has 1 aromatic carbocycles. The topological polar surface area (TPSA) is 64.3 Å². The fourth-order valence-corrected chi connectivity index (χ4v) is 2.71. The van der Waals surface area contributed by atoms with Crippen LogP contribution in [0.15, 0.2) is 21.1 Å². The van der Waals surface area contributed by atoms with Gasteiger partial charge < -0.3 is 15.8 Å². The number of benzene rings is 1. The number of carbonyl (C=O) groups is 1. The molecule has 0 aliphatic rings. The summed E-state index contributed by atoms with van der Waals surface area (Å²) in [5, 5.41) is 2.82. The molecule has 17 heavy (non-hydrogen) atoms. The van der Waals surface area contributed by atoms with Gasteiger partial charge in [-0.1, -0.05) is 0 Å². The van der Waals surface area contributed by atoms with Gasteiger partial charge >= 0.3 is 0 Å². The van der Waals surface area contributed by atoms with Gasteiger partial charge in [0.2, 0.25) is 5.91 Å². The number of methoxy groups -OCH3 is 1. The number of anilines is 2. The Morgan fingerprint density at radius 2 is 2.00 bits per heavy atom. The summed E-state index contributed by atoms with van der Waals surface area (Å²) in [6.07, 6.45) is 1.13. The molecule has 4 nitrogen and oxygen atoms in total. The van der Waals surface area contributed by atoms with E-state index in [0.717, 1.165) is 8.95 Å². The molecular weight excluding hydrogens is 352 g/mol. The quantitative estimate of drug-likeness (QED) is 0.622. The number of halogens is 2. The predicted molar refractivity (Wildman–Crippen MR) is 76.0 cm³/mol. The summed E-state index contributed by atoms with van der Waals surface area (Å²) in [6.45, 7) is 0.581. The molecule has 0 saturated heterocycles. The minimum Gasteiger partial charge on any atom is -0.399 e. The van der Waals surface area contributed by atoms with E-state index in [1.807, 2.05) is 0 Å². The molecule has 1 amide bonds. The molecule has 0 aliphatic carbocycles. The number of amides is 1. The normalized spacial score (nSPS) is 10.3. The number of nitrogens with two attached hydrogens (primary N) is 1. The first-order chi connectivity index (χ1) is 8.04. The first-order valence-electron chi connectivity index (χ1n) is 5.08. The van der Waals surface area contributed by atoms with Crippen molar-refractivity contribution in [3.05, 3.63) is 21.1 Å². The van der Waals surface area contributed by atoms with E-state index >= 15 is 0 Å². The number of nitrogens with one attached hydrogen (secondary N) is 1. The fourth-order valence-electron chi connectivity index (χ4n) is 1.29. The number of ether oxygens (including phenoxy) is 1. The summed E-state index contributed by atoms with van der Waals surface area (Å²) in [5.74, 6) is -0.0479. The Morgan fingerprint density at radius 1 is 1.41 bits per heavy atom. The summed E-state index contributed by atoms with van der Waals surface area (Å²) in [6, 6.07) is 3.49. The lowest BCUT2D eigenvalue weighted by molar-refractivity contribution is -0.116. The van der Waals surface area contributed by atoms with Crippen molar-refractivity contribution in [3.63, 3.8) is 0 Å². The maximum Gasteiger partial charge on any atom is 0.224 e. The number of nitrogen functional groups attached to an aromatic ring is 1. The summed E-state index contributed by atoms with van der Waals surface area (Å²) in [4.78, 5) is 11.6. The molecule has 0 fully saturated rings. The van der Waals surface area contributed by atoms with E-state index in [4.69, 9.17) is 10.5 Å². The van der Waals surface area contributed by atoms with Crippen LogP contribution >= 0.6 is 31.9 Å². The zero-order valence-electron chi connectivity index (χ0n) is 9.43. The molecule has 0 unspecified atom stereocenters. The van der Waals surface area contributed by atoms with Crippen LogP contribution in [-0.2, 0) is 9.53 Å². The van der Waals surface area contributed by atoms with Gasteiger partial charge in [-0.2, -0.15) is 0 Å². The van der Waals surface area contributed by atoms with E-state index in [1.54, 1.807) is 19.2 Å². The van der Waals surface area contributed by atoms with Crippen LogP contribution in [0.3, 0.4) is 0 Å². The highest BCUT2D eigenvalue weighted by atomic mass is 79.9. The van der Waals surface area contributed by atoms with E-state index in [1.165, 1.54) is 0 Å². The van der Waals surface area contributed by atoms with Gasteiger partial charge in [0.25, 0.3) is 0 Å². The number of hydrogen-bond donors (Lipinski definition) is 2. The van der Waals surface area contributed by atoms with Gasteiger partial charge in [-0.05, 0) is 50.4 Å². The van der Waals surface area contributed by atoms with Gasteiger partial charge in [0.1, 0.15) is 0 Å². The second-order valence-electron chi connectivity index (χ2n) is 3.50. The van der Waals surface area contributed by atoms with Crippen molar-refractivity contribution in [2.24, 2.45) is 0 Å². The van der Waals surface area contributed by atoms with Crippen LogP contribution in [0, 0.1) is 0 Å². The van der Waals surface area contributed by atoms with Crippen LogP contribution in [0.4, 0.5) is 11.4 Å². The molecule has 6 heteroatoms. The molecule has 1 rings (SSSR count). The Morgan fingerprint density at radius 3 is 2.53 bits per heavy atom. The molecule has 0 atom stereocenters. The monoisotopic (exact) mass is 364 g/mol. The highest BCUT2D eigenvalue weighted by Crippen LogP contribution is 2.33. The van der Waals surface area contributed by atoms with E-state index in [-0.39, 0.29) is 5.91 Å². The minimum atomic E-state index is -0.0479. The lowest BCUT2D eigenvalue weighted by Crippen LogP contribution is -2.13. The van der Waals surface area contributed by atoms with Gasteiger partial charge in [-0.15, -0.1) is 0 Å². The van der Waals surface area contributed by atoms with Crippen molar-refractivity contribution in [1.29, 1.82) is 0 Å². The molecule has 0 saturated carbocycles. The van der Waals surface area contributed by atoms with Crippen molar-refractivity contribution < 1.29 is 9.53 Å². The highest BCUT2D eigenvalue weighted by Gasteiger charge is 2.10. The van der Waals surface area contributed by atoms with Gasteiger partial charge in [0, 0.05) is 34.8 Å². The Balaban J connectivity index is 2.65. The van der Waals surface area contributed by atoms with Crippen molar-refractivity contribution in [2.45, 2.75) is 12.8 Å². The van der Waals surface area contributed by atoms with Crippen molar-refractivity contribution in [1.82, 2.24) is 0 Å². The van der Waals surface area contributed by atoms with E-state index in [2.05, 4.69) is 37.2 Å². The Kier molecular flexibility index (Phi) is 5.94. The van der Waals surface area contributed by atoms with Crippen molar-refractivity contribution in [3.8, 4) is 0 Å². The molecule has 0 heterocycles. The van der Waals surface area contributed by atoms with E-state index in [9.17, 15) is 4.79 Å². The first kappa shape index (κ1) is 14.5. The predicted octanol–water partition coefficient (Wildman–Crippen LogP) is 3.16. The van der Waals surface area contributed by atoms with Gasteiger partial charge in [0.05, 0.1) is 5.69 Å². The zero-order valence-corrected chi connectivity index (χ0v) is 12.6. The third kappa shape index (κ3) is 4.65. The molecule has 3 N–H and O–H groups in total. The highest BCUT2D eigenvalue weighted by molar-refractivity contribution is 9.11. The average molecular weight is 366 g/mol. The lowest BCUT2D eigenvalue weighted by atomic mass is 10.2. The van der Waals surface area contributed by atoms with Gasteiger partial charge in [-0.25, -0.2) is 0 Å². The second kappa shape index (κ2) is 6.98. The zero-order chi connectivity index (χ0) is 12.8. The maximum atomic E-state index is 11.6. The maximum absolute atomic E-state index is 11.6. The van der Waals surface area contributed by atoms with Crippen LogP contribution in [0.2, 0.25) is 0 Å². The molecule has 0 radical (unpaired) electrons. The standard InChI is InChI=1S/C11H14Br2N2O2/c1-17-4-2-3-10(16)15-11-8(12)5-7(14)6-9(11)13/h5-6H,2-4,14H2,1H3,(H,15,16). The summed E-state index contributed by atoms with van der Waals surface area (Å²) >= 11 is 6.72. The molecule has 0 spiro atoms. The van der Waals surface area contributed by atoms with Crippen molar-refractivity contribution in [2.75, 3.05) is 24.8 Å². The van der Waals surface area contributed by atoms with E-state index < -0.39 is 0 Å². The van der Waals surface area contributed by atoms with Crippen molar-refractivity contribution >= 4 is 49.1 Å². The molecule has 0 bridgehead atoms. The third-order valence-electron chi connectivity index (χ3n) is 2.08. The van der Waals surface area contributed by atoms with Crippen LogP contribution in [0.5, 0.6) is 0 Å². The molecule has 0 aliphatic heterocycles. The molecule has 1 aromatic rings. The minimum absolute atomic E-state index is 0.0479. The molecule has 94 valence electrons. The second-order valence-corrected chi connectivity index (χ2v) is 5.21. The van der Waals surface area contributed by atoms with Crippen LogP contribution in [0.1, 0.15) is 12.8 Å². The first-order valence-corrected chi connectivity index (χ1v) is 6.66. The van der Waals surface area contributed by atoms with E-state index in [0.29, 0.717) is 30.8 Å². The molecule has 0 aromatic heterocycles. The SMILES string of the molecule is COCCCC(=O)Nc1c(Br)cc(N)cc1Br. The van der Waals surface area contributed by atoms with Crippen LogP contribution in [-0.4, -0.2) is 19.6 Å². The van der Waals surface area contributed by atoms with Gasteiger partial charge in [0.15, 0.2) is 0 Å². The largest absolute Gasteiger partial charge is 0.399 e. The average Bonchev–Trinajstić information content (AvgIpc) is 2.24. The molecular formula is C11H14Br2N2O2. The number of hydrogen-bond acceptors (Lipinski definition) is 3. The van der Waals surface area contributed by atoms with Gasteiger partial charge in [-0.3, -0.25) is 4.79 Å². The lowest BCUT2D eigenvalue weighted by Gasteiger charge is -2.10. The Hall–Kier alpha value is -0.590. The Labute approximate surface area is 117 Å². The Bertz CT molecular complexity index is 387. The fraction of sp³-hybridized carbons (Fsp3) is 0.364. The number of rotatable bonds is 5. The van der Waals surface area contributed by atoms with Crippen LogP contribution in [0.25, 0.3) is 0 Å². The summed E-state index contributed by atoms with van der Waals surface area (Å²) in [7, 11) is 1.62. The number of carbonyl (C=O) groups excluding carboxylic acids is 1. The summed E-state index contributed by atoms with van der Waals surface area (Å²) < 4.78 is 6.40.